The first-order chi connectivity index (χ1) is 4.61. The highest BCUT2D eigenvalue weighted by Crippen LogP contribution is 2.31. The minimum Gasteiger partial charge on any atom is -0.480 e. The van der Waals surface area contributed by atoms with E-state index in [2.05, 4.69) is 0 Å². The van der Waals surface area contributed by atoms with Crippen molar-refractivity contribution in [1.82, 2.24) is 0 Å². The Morgan fingerprint density at radius 2 is 2.30 bits per heavy atom. The monoisotopic (exact) mass is 144 g/mol. The van der Waals surface area contributed by atoms with Crippen LogP contribution < -0.4 is 11.5 Å². The smallest absolute Gasteiger partial charge is 0.320 e. The maximum Gasteiger partial charge on any atom is 0.320 e. The van der Waals surface area contributed by atoms with Gasteiger partial charge in [0.25, 0.3) is 0 Å². The molecular weight excluding hydrogens is 132 g/mol. The molecular formula is C6H12N2O2. The van der Waals surface area contributed by atoms with Crippen LogP contribution in [0.25, 0.3) is 0 Å². The van der Waals surface area contributed by atoms with E-state index in [1.54, 1.807) is 0 Å². The van der Waals surface area contributed by atoms with Crippen LogP contribution in [0.4, 0.5) is 0 Å². The molecule has 10 heavy (non-hydrogen) atoms. The zero-order valence-electron chi connectivity index (χ0n) is 5.66. The van der Waals surface area contributed by atoms with Crippen LogP contribution in [0.1, 0.15) is 12.8 Å². The van der Waals surface area contributed by atoms with Crippen LogP contribution in [-0.4, -0.2) is 23.2 Å². The first kappa shape index (κ1) is 7.50. The normalized spacial score (nSPS) is 33.4. The standard InChI is InChI=1S/C6H12N2O2/c7-4-1-3(4)2-5(8)6(9)10/h3-5H,1-2,7-8H2,(H,9,10)/t3-,4+,5+/m0/s1. The van der Waals surface area contributed by atoms with Crippen LogP contribution in [0.3, 0.4) is 0 Å². The lowest BCUT2D eigenvalue weighted by atomic mass is 10.1. The van der Waals surface area contributed by atoms with Crippen molar-refractivity contribution >= 4 is 5.97 Å². The molecule has 0 spiro atoms. The summed E-state index contributed by atoms with van der Waals surface area (Å²) < 4.78 is 0. The highest BCUT2D eigenvalue weighted by Gasteiger charge is 2.35. The Kier molecular flexibility index (Phi) is 1.92. The third kappa shape index (κ3) is 1.68. The fourth-order valence-electron chi connectivity index (χ4n) is 0.969. The second-order valence-corrected chi connectivity index (χ2v) is 2.84. The predicted octanol–water partition coefficient (Wildman–Crippen LogP) is -0.864. The summed E-state index contributed by atoms with van der Waals surface area (Å²) in [5.74, 6) is -0.579. The van der Waals surface area contributed by atoms with Gasteiger partial charge in [0.1, 0.15) is 6.04 Å². The lowest BCUT2D eigenvalue weighted by Crippen LogP contribution is -2.31. The van der Waals surface area contributed by atoms with Gasteiger partial charge in [0.2, 0.25) is 0 Å². The predicted molar refractivity (Wildman–Crippen MR) is 36.3 cm³/mol. The van der Waals surface area contributed by atoms with Gasteiger partial charge in [-0.05, 0) is 18.8 Å². The maximum absolute atomic E-state index is 10.2. The van der Waals surface area contributed by atoms with Crippen molar-refractivity contribution in [3.63, 3.8) is 0 Å². The van der Waals surface area contributed by atoms with Crippen molar-refractivity contribution in [2.75, 3.05) is 0 Å². The molecule has 0 aliphatic heterocycles. The van der Waals surface area contributed by atoms with Crippen LogP contribution in [0.2, 0.25) is 0 Å². The summed E-state index contributed by atoms with van der Waals surface area (Å²) in [6.07, 6.45) is 1.46. The number of hydrogen-bond acceptors (Lipinski definition) is 3. The highest BCUT2D eigenvalue weighted by atomic mass is 16.4. The van der Waals surface area contributed by atoms with Crippen LogP contribution in [0.5, 0.6) is 0 Å². The number of nitrogens with two attached hydrogens (primary N) is 2. The zero-order valence-corrected chi connectivity index (χ0v) is 5.66. The number of aliphatic carboxylic acids is 1. The molecule has 0 heterocycles. The Morgan fingerprint density at radius 3 is 2.60 bits per heavy atom. The molecule has 1 rings (SSSR count). The van der Waals surface area contributed by atoms with Gasteiger partial charge in [-0.3, -0.25) is 4.79 Å². The van der Waals surface area contributed by atoms with Gasteiger partial charge in [0.15, 0.2) is 0 Å². The molecule has 1 saturated carbocycles. The van der Waals surface area contributed by atoms with E-state index in [-0.39, 0.29) is 6.04 Å². The van der Waals surface area contributed by atoms with Crippen molar-refractivity contribution in [3.05, 3.63) is 0 Å². The number of rotatable bonds is 3. The van der Waals surface area contributed by atoms with E-state index in [4.69, 9.17) is 16.6 Å². The average molecular weight is 144 g/mol. The van der Waals surface area contributed by atoms with Crippen molar-refractivity contribution < 1.29 is 9.90 Å². The first-order valence-electron chi connectivity index (χ1n) is 3.35. The van der Waals surface area contributed by atoms with Crippen LogP contribution in [-0.2, 0) is 4.79 Å². The molecule has 5 N–H and O–H groups in total. The molecule has 0 aromatic heterocycles. The Balaban J connectivity index is 2.19. The number of carbonyl (C=O) groups is 1. The van der Waals surface area contributed by atoms with Crippen LogP contribution in [0, 0.1) is 5.92 Å². The molecule has 0 saturated heterocycles. The van der Waals surface area contributed by atoms with Crippen molar-refractivity contribution in [3.8, 4) is 0 Å². The van der Waals surface area contributed by atoms with Crippen molar-refractivity contribution in [1.29, 1.82) is 0 Å². The van der Waals surface area contributed by atoms with Gasteiger partial charge in [0, 0.05) is 6.04 Å². The van der Waals surface area contributed by atoms with E-state index < -0.39 is 12.0 Å². The summed E-state index contributed by atoms with van der Waals surface area (Å²) in [7, 11) is 0. The Labute approximate surface area is 59.2 Å². The van der Waals surface area contributed by atoms with E-state index in [0.29, 0.717) is 12.3 Å². The van der Waals surface area contributed by atoms with E-state index in [0.717, 1.165) is 6.42 Å². The van der Waals surface area contributed by atoms with Gasteiger partial charge < -0.3 is 16.6 Å². The fraction of sp³-hybridized carbons (Fsp3) is 0.833. The number of carboxylic acid groups (broad SMARTS) is 1. The van der Waals surface area contributed by atoms with E-state index in [9.17, 15) is 4.79 Å². The van der Waals surface area contributed by atoms with Crippen molar-refractivity contribution in [2.24, 2.45) is 17.4 Å². The fourth-order valence-corrected chi connectivity index (χ4v) is 0.969. The largest absolute Gasteiger partial charge is 0.480 e. The summed E-state index contributed by atoms with van der Waals surface area (Å²) in [5.41, 5.74) is 10.7. The molecule has 3 atom stereocenters. The molecule has 1 aliphatic rings. The molecule has 0 aromatic rings. The van der Waals surface area contributed by atoms with Crippen LogP contribution >= 0.6 is 0 Å². The summed E-state index contributed by atoms with van der Waals surface area (Å²) in [6.45, 7) is 0. The topological polar surface area (TPSA) is 89.3 Å². The summed E-state index contributed by atoms with van der Waals surface area (Å²) in [5, 5.41) is 8.38. The van der Waals surface area contributed by atoms with Crippen LogP contribution in [0.15, 0.2) is 0 Å². The average Bonchev–Trinajstić information content (AvgIpc) is 2.46. The number of hydrogen-bond donors (Lipinski definition) is 3. The number of carboxylic acids is 1. The zero-order chi connectivity index (χ0) is 7.72. The Hall–Kier alpha value is -0.610. The second kappa shape index (κ2) is 2.56. The minimum atomic E-state index is -0.931. The van der Waals surface area contributed by atoms with Gasteiger partial charge in [-0.2, -0.15) is 0 Å². The lowest BCUT2D eigenvalue weighted by Gasteiger charge is -2.02. The van der Waals surface area contributed by atoms with Gasteiger partial charge >= 0.3 is 5.97 Å². The van der Waals surface area contributed by atoms with E-state index >= 15 is 0 Å². The maximum atomic E-state index is 10.2. The molecule has 1 fully saturated rings. The third-order valence-electron chi connectivity index (χ3n) is 1.85. The molecule has 0 radical (unpaired) electrons. The second-order valence-electron chi connectivity index (χ2n) is 2.84. The van der Waals surface area contributed by atoms with Gasteiger partial charge in [-0.1, -0.05) is 0 Å². The summed E-state index contributed by atoms with van der Waals surface area (Å²) in [6, 6.07) is -0.524. The molecule has 0 bridgehead atoms. The first-order valence-corrected chi connectivity index (χ1v) is 3.35. The molecule has 0 unspecified atom stereocenters. The minimum absolute atomic E-state index is 0.199. The van der Waals surface area contributed by atoms with Crippen molar-refractivity contribution in [2.45, 2.75) is 24.9 Å². The Morgan fingerprint density at radius 1 is 1.80 bits per heavy atom. The molecule has 4 nitrogen and oxygen atoms in total. The van der Waals surface area contributed by atoms with E-state index in [1.807, 2.05) is 0 Å². The summed E-state index contributed by atoms with van der Waals surface area (Å²) in [4.78, 5) is 10.2. The molecule has 0 aromatic carbocycles. The molecule has 1 aliphatic carbocycles. The highest BCUT2D eigenvalue weighted by molar-refractivity contribution is 5.73. The van der Waals surface area contributed by atoms with E-state index in [1.165, 1.54) is 0 Å². The SMILES string of the molecule is N[C@H](C[C@@H]1C[C@H]1N)C(=O)O. The quantitative estimate of drug-likeness (QED) is 0.480. The molecule has 58 valence electrons. The summed E-state index contributed by atoms with van der Waals surface area (Å²) >= 11 is 0. The van der Waals surface area contributed by atoms with Gasteiger partial charge in [-0.25, -0.2) is 0 Å². The Bertz CT molecular complexity index is 149. The molecule has 0 amide bonds. The molecule has 4 heteroatoms. The van der Waals surface area contributed by atoms with Gasteiger partial charge in [-0.15, -0.1) is 0 Å². The lowest BCUT2D eigenvalue weighted by molar-refractivity contribution is -0.138. The van der Waals surface area contributed by atoms with Gasteiger partial charge in [0.05, 0.1) is 0 Å². The third-order valence-corrected chi connectivity index (χ3v) is 1.85.